The molecule has 2 aromatic carbocycles. The predicted octanol–water partition coefficient (Wildman–Crippen LogP) is 9.35. The number of rotatable bonds is 21. The maximum atomic E-state index is 12.2. The van der Waals surface area contributed by atoms with Gasteiger partial charge in [0.15, 0.2) is 0 Å². The van der Waals surface area contributed by atoms with Gasteiger partial charge in [0.25, 0.3) is 0 Å². The van der Waals surface area contributed by atoms with Crippen molar-refractivity contribution >= 4 is 24.1 Å². The zero-order chi connectivity index (χ0) is 28.7. The molecule has 0 aliphatic heterocycles. The fraction of sp³-hybridized carbons (Fsp3) is 0.486. The topological polar surface area (TPSA) is 61.8 Å². The minimum absolute atomic E-state index is 0.426. The molecule has 2 aromatic rings. The Morgan fingerprint density at radius 3 is 1.48 bits per heavy atom. The quantitative estimate of drug-likeness (QED) is 0.0673. The van der Waals surface area contributed by atoms with E-state index in [0.717, 1.165) is 29.9 Å². The number of esters is 2. The number of carbonyl (C=O) groups is 2. The first kappa shape index (κ1) is 32.9. The SMILES string of the molecule is CCCCCCCCCCCCCCCCOc1ccc(/C=C/C(=O)Oc2ccc(/C=C/C(=O)OC)cc2)cc1. The summed E-state index contributed by atoms with van der Waals surface area (Å²) in [6.45, 7) is 3.01. The van der Waals surface area contributed by atoms with Crippen molar-refractivity contribution in [2.45, 2.75) is 96.8 Å². The molecule has 5 nitrogen and oxygen atoms in total. The number of benzene rings is 2. The minimum atomic E-state index is -0.462. The van der Waals surface area contributed by atoms with Gasteiger partial charge in [0, 0.05) is 12.2 Å². The van der Waals surface area contributed by atoms with E-state index in [1.165, 1.54) is 103 Å². The first-order valence-electron chi connectivity index (χ1n) is 15.1. The second-order valence-electron chi connectivity index (χ2n) is 10.2. The van der Waals surface area contributed by atoms with Crippen LogP contribution in [0.5, 0.6) is 11.5 Å². The van der Waals surface area contributed by atoms with Gasteiger partial charge in [-0.25, -0.2) is 9.59 Å². The van der Waals surface area contributed by atoms with Crippen LogP contribution in [-0.2, 0) is 14.3 Å². The van der Waals surface area contributed by atoms with Gasteiger partial charge in [0.1, 0.15) is 11.5 Å². The summed E-state index contributed by atoms with van der Waals surface area (Å²) in [4.78, 5) is 23.3. The van der Waals surface area contributed by atoms with Gasteiger partial charge in [-0.1, -0.05) is 115 Å². The van der Waals surface area contributed by atoms with E-state index in [1.807, 2.05) is 24.3 Å². The van der Waals surface area contributed by atoms with Crippen molar-refractivity contribution in [1.29, 1.82) is 0 Å². The highest BCUT2D eigenvalue weighted by atomic mass is 16.5. The molecule has 0 atom stereocenters. The molecule has 0 aliphatic carbocycles. The van der Waals surface area contributed by atoms with Gasteiger partial charge in [-0.15, -0.1) is 0 Å². The normalized spacial score (nSPS) is 11.2. The monoisotopic (exact) mass is 548 g/mol. The number of hydrogen-bond donors (Lipinski definition) is 0. The van der Waals surface area contributed by atoms with E-state index >= 15 is 0 Å². The lowest BCUT2D eigenvalue weighted by atomic mass is 10.0. The summed E-state index contributed by atoms with van der Waals surface area (Å²) in [6, 6.07) is 14.6. The van der Waals surface area contributed by atoms with Gasteiger partial charge in [0.2, 0.25) is 0 Å². The fourth-order valence-corrected chi connectivity index (χ4v) is 4.36. The lowest BCUT2D eigenvalue weighted by Crippen LogP contribution is -2.03. The average molecular weight is 549 g/mol. The molecule has 0 heterocycles. The molecule has 0 saturated carbocycles. The second kappa shape index (κ2) is 21.5. The van der Waals surface area contributed by atoms with Crippen LogP contribution in [0, 0.1) is 0 Å². The van der Waals surface area contributed by atoms with Crippen LogP contribution in [-0.4, -0.2) is 25.7 Å². The molecule has 218 valence electrons. The maximum Gasteiger partial charge on any atom is 0.336 e. The molecule has 0 N–H and O–H groups in total. The van der Waals surface area contributed by atoms with Crippen LogP contribution in [0.25, 0.3) is 12.2 Å². The Morgan fingerprint density at radius 2 is 1.00 bits per heavy atom. The molecule has 2 rings (SSSR count). The second-order valence-corrected chi connectivity index (χ2v) is 10.2. The van der Waals surface area contributed by atoms with Gasteiger partial charge < -0.3 is 14.2 Å². The van der Waals surface area contributed by atoms with Crippen molar-refractivity contribution in [3.8, 4) is 11.5 Å². The molecule has 0 unspecified atom stereocenters. The Morgan fingerprint density at radius 1 is 0.575 bits per heavy atom. The third-order valence-electron chi connectivity index (χ3n) is 6.77. The number of methoxy groups -OCH3 is 1. The maximum absolute atomic E-state index is 12.2. The molecule has 5 heteroatoms. The Balaban J connectivity index is 1.52. The molecular weight excluding hydrogens is 500 g/mol. The summed E-state index contributed by atoms with van der Waals surface area (Å²) in [5, 5.41) is 0. The molecule has 40 heavy (non-hydrogen) atoms. The van der Waals surface area contributed by atoms with E-state index in [9.17, 15) is 9.59 Å². The van der Waals surface area contributed by atoms with E-state index < -0.39 is 11.9 Å². The summed E-state index contributed by atoms with van der Waals surface area (Å²) in [7, 11) is 1.33. The van der Waals surface area contributed by atoms with Crippen LogP contribution >= 0.6 is 0 Å². The first-order valence-corrected chi connectivity index (χ1v) is 15.1. The summed E-state index contributed by atoms with van der Waals surface area (Å²) in [6.07, 6.45) is 25.0. The third-order valence-corrected chi connectivity index (χ3v) is 6.77. The summed E-state index contributed by atoms with van der Waals surface area (Å²) < 4.78 is 15.8. The smallest absolute Gasteiger partial charge is 0.336 e. The Bertz CT molecular complexity index is 1010. The van der Waals surface area contributed by atoms with Crippen LogP contribution in [0.3, 0.4) is 0 Å². The highest BCUT2D eigenvalue weighted by Gasteiger charge is 2.02. The average Bonchev–Trinajstić information content (AvgIpc) is 2.98. The van der Waals surface area contributed by atoms with Gasteiger partial charge in [0.05, 0.1) is 13.7 Å². The first-order chi connectivity index (χ1) is 19.6. The van der Waals surface area contributed by atoms with Crippen LogP contribution in [0.15, 0.2) is 60.7 Å². The highest BCUT2D eigenvalue weighted by Crippen LogP contribution is 2.17. The Kier molecular flexibility index (Phi) is 17.6. The highest BCUT2D eigenvalue weighted by molar-refractivity contribution is 5.89. The summed E-state index contributed by atoms with van der Waals surface area (Å²) in [5.41, 5.74) is 1.69. The van der Waals surface area contributed by atoms with E-state index in [4.69, 9.17) is 9.47 Å². The van der Waals surface area contributed by atoms with Crippen LogP contribution in [0.1, 0.15) is 108 Å². The number of unbranched alkanes of at least 4 members (excludes halogenated alkanes) is 13. The van der Waals surface area contributed by atoms with Crippen molar-refractivity contribution in [1.82, 2.24) is 0 Å². The Labute approximate surface area is 241 Å². The number of ether oxygens (including phenoxy) is 3. The minimum Gasteiger partial charge on any atom is -0.494 e. The van der Waals surface area contributed by atoms with E-state index in [1.54, 1.807) is 36.4 Å². The van der Waals surface area contributed by atoms with Crippen LogP contribution < -0.4 is 9.47 Å². The van der Waals surface area contributed by atoms with Gasteiger partial charge in [-0.3, -0.25) is 0 Å². The van der Waals surface area contributed by atoms with Gasteiger partial charge in [-0.05, 0) is 54.0 Å². The van der Waals surface area contributed by atoms with Crippen molar-refractivity contribution in [2.75, 3.05) is 13.7 Å². The summed E-state index contributed by atoms with van der Waals surface area (Å²) in [5.74, 6) is 0.383. The van der Waals surface area contributed by atoms with E-state index in [2.05, 4.69) is 11.7 Å². The molecule has 0 spiro atoms. The third kappa shape index (κ3) is 15.9. The largest absolute Gasteiger partial charge is 0.494 e. The lowest BCUT2D eigenvalue weighted by molar-refractivity contribution is -0.134. The standard InChI is InChI=1S/C35H48O5/c1-3-4-5-6-7-8-9-10-11-12-13-14-15-16-29-39-32-23-17-30(18-24-32)22-28-35(37)40-33-25-19-31(20-26-33)21-27-34(36)38-2/h17-28H,3-16,29H2,1-2H3/b27-21+,28-22+. The molecule has 0 radical (unpaired) electrons. The molecule has 0 fully saturated rings. The molecule has 0 amide bonds. The van der Waals surface area contributed by atoms with Crippen LogP contribution in [0.2, 0.25) is 0 Å². The zero-order valence-electron chi connectivity index (χ0n) is 24.6. The van der Waals surface area contributed by atoms with Gasteiger partial charge >= 0.3 is 11.9 Å². The Hall–Kier alpha value is -3.34. The fourth-order valence-electron chi connectivity index (χ4n) is 4.36. The molecule has 0 bridgehead atoms. The van der Waals surface area contributed by atoms with E-state index in [-0.39, 0.29) is 0 Å². The van der Waals surface area contributed by atoms with Gasteiger partial charge in [-0.2, -0.15) is 0 Å². The zero-order valence-corrected chi connectivity index (χ0v) is 24.6. The number of carbonyl (C=O) groups excluding carboxylic acids is 2. The van der Waals surface area contributed by atoms with Crippen molar-refractivity contribution in [3.05, 3.63) is 71.8 Å². The molecule has 0 aliphatic rings. The van der Waals surface area contributed by atoms with E-state index in [0.29, 0.717) is 5.75 Å². The lowest BCUT2D eigenvalue weighted by Gasteiger charge is -2.07. The summed E-state index contributed by atoms with van der Waals surface area (Å²) >= 11 is 0. The number of hydrogen-bond acceptors (Lipinski definition) is 5. The molecular formula is C35H48O5. The van der Waals surface area contributed by atoms with Crippen molar-refractivity contribution in [3.63, 3.8) is 0 Å². The van der Waals surface area contributed by atoms with Crippen LogP contribution in [0.4, 0.5) is 0 Å². The molecule has 0 aromatic heterocycles. The van der Waals surface area contributed by atoms with Crippen molar-refractivity contribution in [2.24, 2.45) is 0 Å². The predicted molar refractivity (Wildman–Crippen MR) is 164 cm³/mol. The van der Waals surface area contributed by atoms with Crippen molar-refractivity contribution < 1.29 is 23.8 Å². The molecule has 0 saturated heterocycles.